The number of ether oxygens (including phenoxy) is 2. The number of carbonyl (C=O) groups is 2. The van der Waals surface area contributed by atoms with Crippen LogP contribution in [0.25, 0.3) is 11.1 Å². The molecule has 0 saturated heterocycles. The van der Waals surface area contributed by atoms with E-state index in [2.05, 4.69) is 0 Å². The van der Waals surface area contributed by atoms with Gasteiger partial charge in [0.15, 0.2) is 0 Å². The zero-order chi connectivity index (χ0) is 19.9. The van der Waals surface area contributed by atoms with E-state index in [1.807, 2.05) is 19.1 Å². The lowest BCUT2D eigenvalue weighted by Gasteiger charge is -2.27. The Morgan fingerprint density at radius 1 is 0.929 bits per heavy atom. The highest BCUT2D eigenvalue weighted by atomic mass is 19.1. The van der Waals surface area contributed by atoms with Gasteiger partial charge in [-0.05, 0) is 67.5 Å². The Balaban J connectivity index is 1.50. The van der Waals surface area contributed by atoms with Crippen molar-refractivity contribution in [3.8, 4) is 16.9 Å². The number of hydrogen-bond donors (Lipinski definition) is 0. The lowest BCUT2D eigenvalue weighted by Crippen LogP contribution is -2.30. The van der Waals surface area contributed by atoms with E-state index in [9.17, 15) is 14.0 Å². The van der Waals surface area contributed by atoms with E-state index in [-0.39, 0.29) is 29.8 Å². The molecule has 1 aliphatic rings. The van der Waals surface area contributed by atoms with Gasteiger partial charge in [0.25, 0.3) is 0 Å². The summed E-state index contributed by atoms with van der Waals surface area (Å²) in [4.78, 5) is 24.0. The summed E-state index contributed by atoms with van der Waals surface area (Å²) in [5.74, 6) is -0.350. The number of benzene rings is 2. The minimum absolute atomic E-state index is 0.0851. The van der Waals surface area contributed by atoms with Crippen LogP contribution in [0.5, 0.6) is 5.75 Å². The number of esters is 2. The van der Waals surface area contributed by atoms with Crippen molar-refractivity contribution in [3.63, 3.8) is 0 Å². The van der Waals surface area contributed by atoms with Crippen LogP contribution >= 0.6 is 0 Å². The van der Waals surface area contributed by atoms with E-state index in [0.29, 0.717) is 37.9 Å². The van der Waals surface area contributed by atoms with Crippen LogP contribution in [-0.4, -0.2) is 18.0 Å². The fourth-order valence-electron chi connectivity index (χ4n) is 3.42. The van der Waals surface area contributed by atoms with E-state index in [4.69, 9.17) is 9.47 Å². The van der Waals surface area contributed by atoms with Crippen LogP contribution in [0.4, 0.5) is 4.39 Å². The first-order valence-electron chi connectivity index (χ1n) is 9.82. The quantitative estimate of drug-likeness (QED) is 0.501. The monoisotopic (exact) mass is 384 g/mol. The fraction of sp³-hybridized carbons (Fsp3) is 0.391. The number of carbonyl (C=O) groups excluding carboxylic acids is 2. The summed E-state index contributed by atoms with van der Waals surface area (Å²) < 4.78 is 24.0. The molecule has 4 nitrogen and oxygen atoms in total. The van der Waals surface area contributed by atoms with E-state index < -0.39 is 0 Å². The predicted octanol–water partition coefficient (Wildman–Crippen LogP) is 5.30. The third-order valence-electron chi connectivity index (χ3n) is 5.01. The van der Waals surface area contributed by atoms with Crippen LogP contribution < -0.4 is 4.74 Å². The normalized spacial score (nSPS) is 19.1. The summed E-state index contributed by atoms with van der Waals surface area (Å²) in [7, 11) is 0. The highest BCUT2D eigenvalue weighted by Gasteiger charge is 2.29. The van der Waals surface area contributed by atoms with Crippen LogP contribution in [-0.2, 0) is 14.3 Å². The highest BCUT2D eigenvalue weighted by molar-refractivity contribution is 5.75. The Kier molecular flexibility index (Phi) is 6.80. The maximum atomic E-state index is 13.0. The van der Waals surface area contributed by atoms with Crippen LogP contribution in [0.3, 0.4) is 0 Å². The third-order valence-corrected chi connectivity index (χ3v) is 5.01. The van der Waals surface area contributed by atoms with Gasteiger partial charge in [-0.2, -0.15) is 0 Å². The van der Waals surface area contributed by atoms with E-state index in [0.717, 1.165) is 17.5 Å². The van der Waals surface area contributed by atoms with Gasteiger partial charge in [-0.1, -0.05) is 31.2 Å². The molecule has 5 heteroatoms. The van der Waals surface area contributed by atoms with Gasteiger partial charge in [0.05, 0.1) is 5.92 Å². The summed E-state index contributed by atoms with van der Waals surface area (Å²) >= 11 is 0. The van der Waals surface area contributed by atoms with Crippen molar-refractivity contribution in [1.29, 1.82) is 0 Å². The third kappa shape index (κ3) is 5.41. The van der Waals surface area contributed by atoms with Crippen LogP contribution in [0.15, 0.2) is 48.5 Å². The predicted molar refractivity (Wildman–Crippen MR) is 104 cm³/mol. The van der Waals surface area contributed by atoms with Crippen molar-refractivity contribution < 1.29 is 23.5 Å². The molecule has 0 unspecified atom stereocenters. The SMILES string of the molecule is CCCC(=O)O[C@H]1CC[C@H](C(=O)Oc2ccc(-c3ccc(F)cc3)cc2)CC1. The average molecular weight is 384 g/mol. The minimum Gasteiger partial charge on any atom is -0.462 e. The number of hydrogen-bond acceptors (Lipinski definition) is 4. The summed E-state index contributed by atoms with van der Waals surface area (Å²) in [6.45, 7) is 1.94. The molecule has 0 N–H and O–H groups in total. The molecule has 0 radical (unpaired) electrons. The lowest BCUT2D eigenvalue weighted by molar-refractivity contribution is -0.152. The molecule has 0 bridgehead atoms. The van der Waals surface area contributed by atoms with E-state index in [1.165, 1.54) is 12.1 Å². The van der Waals surface area contributed by atoms with Crippen molar-refractivity contribution in [2.24, 2.45) is 5.92 Å². The van der Waals surface area contributed by atoms with Gasteiger partial charge in [0.2, 0.25) is 0 Å². The molecule has 1 aliphatic carbocycles. The largest absolute Gasteiger partial charge is 0.462 e. The molecule has 2 aromatic rings. The molecule has 0 aliphatic heterocycles. The number of halogens is 1. The van der Waals surface area contributed by atoms with Gasteiger partial charge >= 0.3 is 11.9 Å². The molecule has 2 aromatic carbocycles. The van der Waals surface area contributed by atoms with E-state index in [1.54, 1.807) is 24.3 Å². The molecule has 148 valence electrons. The van der Waals surface area contributed by atoms with Gasteiger partial charge in [0, 0.05) is 6.42 Å². The molecular formula is C23H25FO4. The smallest absolute Gasteiger partial charge is 0.314 e. The number of rotatable bonds is 6. The average Bonchev–Trinajstić information content (AvgIpc) is 2.70. The summed E-state index contributed by atoms with van der Waals surface area (Å²) in [6, 6.07) is 13.4. The fourth-order valence-corrected chi connectivity index (χ4v) is 3.42. The summed E-state index contributed by atoms with van der Waals surface area (Å²) in [6.07, 6.45) is 3.85. The second-order valence-corrected chi connectivity index (χ2v) is 7.17. The van der Waals surface area contributed by atoms with Crippen molar-refractivity contribution in [2.75, 3.05) is 0 Å². The molecule has 0 spiro atoms. The van der Waals surface area contributed by atoms with Crippen molar-refractivity contribution in [2.45, 2.75) is 51.6 Å². The Morgan fingerprint density at radius 2 is 1.50 bits per heavy atom. The first-order chi connectivity index (χ1) is 13.5. The molecule has 0 heterocycles. The van der Waals surface area contributed by atoms with Gasteiger partial charge in [-0.15, -0.1) is 0 Å². The van der Waals surface area contributed by atoms with Crippen molar-refractivity contribution >= 4 is 11.9 Å². The molecule has 0 amide bonds. The highest BCUT2D eigenvalue weighted by Crippen LogP contribution is 2.29. The standard InChI is InChI=1S/C23H25FO4/c1-2-3-22(25)27-20-14-8-18(9-15-20)23(26)28-21-12-6-17(7-13-21)16-4-10-19(24)11-5-16/h4-7,10-13,18,20H,2-3,8-9,14-15H2,1H3/t18-,20-. The van der Waals surface area contributed by atoms with Gasteiger partial charge in [-0.25, -0.2) is 4.39 Å². The van der Waals surface area contributed by atoms with Gasteiger partial charge in [0.1, 0.15) is 17.7 Å². The molecule has 0 atom stereocenters. The summed E-state index contributed by atoms with van der Waals surface area (Å²) in [5, 5.41) is 0. The second-order valence-electron chi connectivity index (χ2n) is 7.17. The van der Waals surface area contributed by atoms with Crippen LogP contribution in [0, 0.1) is 11.7 Å². The van der Waals surface area contributed by atoms with Gasteiger partial charge < -0.3 is 9.47 Å². The molecule has 0 aromatic heterocycles. The van der Waals surface area contributed by atoms with Gasteiger partial charge in [-0.3, -0.25) is 9.59 Å². The molecule has 1 saturated carbocycles. The van der Waals surface area contributed by atoms with E-state index >= 15 is 0 Å². The maximum Gasteiger partial charge on any atom is 0.314 e. The molecular weight excluding hydrogens is 359 g/mol. The Bertz CT molecular complexity index is 790. The van der Waals surface area contributed by atoms with Crippen molar-refractivity contribution in [1.82, 2.24) is 0 Å². The van der Waals surface area contributed by atoms with Crippen LogP contribution in [0.1, 0.15) is 45.4 Å². The summed E-state index contributed by atoms with van der Waals surface area (Å²) in [5.41, 5.74) is 1.82. The lowest BCUT2D eigenvalue weighted by atomic mass is 9.87. The molecule has 28 heavy (non-hydrogen) atoms. The second kappa shape index (κ2) is 9.49. The Morgan fingerprint density at radius 3 is 2.07 bits per heavy atom. The topological polar surface area (TPSA) is 52.6 Å². The first-order valence-corrected chi connectivity index (χ1v) is 9.82. The zero-order valence-electron chi connectivity index (χ0n) is 16.0. The zero-order valence-corrected chi connectivity index (χ0v) is 16.0. The van der Waals surface area contributed by atoms with Crippen molar-refractivity contribution in [3.05, 3.63) is 54.3 Å². The molecule has 3 rings (SSSR count). The molecule has 1 fully saturated rings. The Hall–Kier alpha value is -2.69. The first kappa shape index (κ1) is 20.1. The van der Waals surface area contributed by atoms with Crippen LogP contribution in [0.2, 0.25) is 0 Å². The Labute approximate surface area is 164 Å². The minimum atomic E-state index is -0.274. The maximum absolute atomic E-state index is 13.0.